The van der Waals surface area contributed by atoms with E-state index in [0.29, 0.717) is 30.8 Å². The number of carbonyl (C=O) groups is 2. The lowest BCUT2D eigenvalue weighted by Crippen LogP contribution is -2.36. The van der Waals surface area contributed by atoms with E-state index in [9.17, 15) is 23.9 Å². The number of benzene rings is 1. The van der Waals surface area contributed by atoms with Crippen molar-refractivity contribution in [3.05, 3.63) is 79.9 Å². The van der Waals surface area contributed by atoms with Crippen LogP contribution in [0.1, 0.15) is 53.9 Å². The second-order valence-electron chi connectivity index (χ2n) is 9.11. The fourth-order valence-corrected chi connectivity index (χ4v) is 4.15. The minimum atomic E-state index is -0.740. The number of aromatic nitrogens is 2. The molecular weight excluding hydrogens is 471 g/mol. The Morgan fingerprint density at radius 2 is 1.86 bits per heavy atom. The second-order valence-corrected chi connectivity index (χ2v) is 10.1. The van der Waals surface area contributed by atoms with Crippen molar-refractivity contribution in [3.8, 4) is 5.75 Å². The topological polar surface area (TPSA) is 113 Å². The molecule has 0 bridgehead atoms. The van der Waals surface area contributed by atoms with Crippen molar-refractivity contribution in [1.29, 1.82) is 0 Å². The SMILES string of the molecule is CC(C)(C)c1nc(C(=O)NCc2ccc(F)cc2)c(O)c(=O)n1CCCNC(=O)Cc1cccs1. The summed E-state index contributed by atoms with van der Waals surface area (Å²) in [4.78, 5) is 43.1. The van der Waals surface area contributed by atoms with Crippen LogP contribution in [-0.2, 0) is 29.7 Å². The normalized spacial score (nSPS) is 11.3. The molecule has 0 saturated carbocycles. The van der Waals surface area contributed by atoms with Crippen molar-refractivity contribution in [2.45, 2.75) is 52.1 Å². The zero-order valence-electron chi connectivity index (χ0n) is 19.9. The van der Waals surface area contributed by atoms with Gasteiger partial charge in [-0.15, -0.1) is 11.3 Å². The van der Waals surface area contributed by atoms with Crippen LogP contribution in [0.5, 0.6) is 5.75 Å². The molecule has 2 aromatic heterocycles. The summed E-state index contributed by atoms with van der Waals surface area (Å²) < 4.78 is 14.4. The number of hydrogen-bond acceptors (Lipinski definition) is 6. The summed E-state index contributed by atoms with van der Waals surface area (Å²) in [5, 5.41) is 17.8. The van der Waals surface area contributed by atoms with E-state index >= 15 is 0 Å². The van der Waals surface area contributed by atoms with Gasteiger partial charge >= 0.3 is 0 Å². The monoisotopic (exact) mass is 500 g/mol. The maximum Gasteiger partial charge on any atom is 0.296 e. The summed E-state index contributed by atoms with van der Waals surface area (Å²) in [6.07, 6.45) is 0.741. The molecule has 0 aliphatic heterocycles. The maximum atomic E-state index is 13.1. The van der Waals surface area contributed by atoms with Crippen LogP contribution >= 0.6 is 11.3 Å². The van der Waals surface area contributed by atoms with Gasteiger partial charge in [-0.2, -0.15) is 0 Å². The van der Waals surface area contributed by atoms with E-state index in [-0.39, 0.29) is 30.5 Å². The van der Waals surface area contributed by atoms with Crippen LogP contribution in [0.3, 0.4) is 0 Å². The molecule has 3 rings (SSSR count). The van der Waals surface area contributed by atoms with Crippen LogP contribution in [0, 0.1) is 5.82 Å². The van der Waals surface area contributed by atoms with Crippen LogP contribution in [0.25, 0.3) is 0 Å². The highest BCUT2D eigenvalue weighted by atomic mass is 32.1. The second kappa shape index (κ2) is 11.3. The lowest BCUT2D eigenvalue weighted by Gasteiger charge is -2.24. The third kappa shape index (κ3) is 6.98. The van der Waals surface area contributed by atoms with Crippen molar-refractivity contribution in [2.75, 3.05) is 6.54 Å². The van der Waals surface area contributed by atoms with E-state index in [1.165, 1.54) is 40.2 Å². The molecule has 0 aliphatic carbocycles. The van der Waals surface area contributed by atoms with Crippen LogP contribution in [0.15, 0.2) is 46.6 Å². The molecule has 1 aromatic carbocycles. The van der Waals surface area contributed by atoms with Crippen LogP contribution in [0.2, 0.25) is 0 Å². The molecule has 10 heteroatoms. The predicted molar refractivity (Wildman–Crippen MR) is 132 cm³/mol. The van der Waals surface area contributed by atoms with Crippen molar-refractivity contribution >= 4 is 23.2 Å². The molecule has 3 N–H and O–H groups in total. The molecule has 186 valence electrons. The van der Waals surface area contributed by atoms with Crippen LogP contribution in [-0.4, -0.2) is 33.0 Å². The first-order chi connectivity index (χ1) is 16.6. The molecule has 0 spiro atoms. The molecule has 3 aromatic rings. The number of carbonyl (C=O) groups excluding carboxylic acids is 2. The highest BCUT2D eigenvalue weighted by molar-refractivity contribution is 7.10. The Morgan fingerprint density at radius 3 is 2.49 bits per heavy atom. The molecule has 0 aliphatic rings. The number of halogens is 1. The summed E-state index contributed by atoms with van der Waals surface area (Å²) in [7, 11) is 0. The van der Waals surface area contributed by atoms with Crippen LogP contribution in [0.4, 0.5) is 4.39 Å². The summed E-state index contributed by atoms with van der Waals surface area (Å²) >= 11 is 1.51. The Kier molecular flexibility index (Phi) is 8.39. The Labute approximate surface area is 206 Å². The number of nitrogens with zero attached hydrogens (tertiary/aromatic N) is 2. The predicted octanol–water partition coefficient (Wildman–Crippen LogP) is 3.13. The van der Waals surface area contributed by atoms with Gasteiger partial charge in [-0.1, -0.05) is 39.0 Å². The minimum absolute atomic E-state index is 0.0827. The van der Waals surface area contributed by atoms with Gasteiger partial charge in [0.25, 0.3) is 11.5 Å². The van der Waals surface area contributed by atoms with Gasteiger partial charge in [-0.25, -0.2) is 9.37 Å². The van der Waals surface area contributed by atoms with E-state index in [0.717, 1.165) is 4.88 Å². The van der Waals surface area contributed by atoms with E-state index in [2.05, 4.69) is 15.6 Å². The smallest absolute Gasteiger partial charge is 0.296 e. The van der Waals surface area contributed by atoms with Crippen LogP contribution < -0.4 is 16.2 Å². The number of rotatable bonds is 9. The standard InChI is InChI=1S/C25H29FN4O4S/c1-25(2,3)24-29-20(22(33)28-15-16-7-9-17(26)10-8-16)21(32)23(34)30(24)12-5-11-27-19(31)14-18-6-4-13-35-18/h4,6-10,13,32H,5,11-12,14-15H2,1-3H3,(H,27,31)(H,28,33). The molecule has 0 unspecified atom stereocenters. The molecule has 35 heavy (non-hydrogen) atoms. The van der Waals surface area contributed by atoms with Crippen molar-refractivity contribution < 1.29 is 19.1 Å². The van der Waals surface area contributed by atoms with Crippen molar-refractivity contribution in [2.24, 2.45) is 0 Å². The maximum absolute atomic E-state index is 13.1. The highest BCUT2D eigenvalue weighted by Gasteiger charge is 2.27. The molecule has 0 atom stereocenters. The number of hydrogen-bond donors (Lipinski definition) is 3. The van der Waals surface area contributed by atoms with E-state index in [1.807, 2.05) is 38.3 Å². The fraction of sp³-hybridized carbons (Fsp3) is 0.360. The van der Waals surface area contributed by atoms with E-state index in [4.69, 9.17) is 0 Å². The van der Waals surface area contributed by atoms with Crippen molar-refractivity contribution in [3.63, 3.8) is 0 Å². The summed E-state index contributed by atoms with van der Waals surface area (Å²) in [5.41, 5.74) is -1.02. The number of amides is 2. The molecule has 8 nitrogen and oxygen atoms in total. The van der Waals surface area contributed by atoms with Gasteiger partial charge < -0.3 is 15.7 Å². The Balaban J connectivity index is 1.70. The summed E-state index contributed by atoms with van der Waals surface area (Å²) in [5.74, 6) is -1.60. The van der Waals surface area contributed by atoms with E-state index in [1.54, 1.807) is 0 Å². The zero-order chi connectivity index (χ0) is 25.6. The Hall–Kier alpha value is -3.53. The molecule has 0 fully saturated rings. The van der Waals surface area contributed by atoms with Gasteiger partial charge in [-0.05, 0) is 35.6 Å². The van der Waals surface area contributed by atoms with Gasteiger partial charge in [0.05, 0.1) is 6.42 Å². The Bertz CT molecular complexity index is 1230. The van der Waals surface area contributed by atoms with E-state index < -0.39 is 22.6 Å². The van der Waals surface area contributed by atoms with Gasteiger partial charge in [-0.3, -0.25) is 19.0 Å². The first-order valence-corrected chi connectivity index (χ1v) is 12.1. The Morgan fingerprint density at radius 1 is 1.14 bits per heavy atom. The molecular formula is C25H29FN4O4S. The first kappa shape index (κ1) is 26.1. The molecule has 2 heterocycles. The van der Waals surface area contributed by atoms with Gasteiger partial charge in [0, 0.05) is 29.9 Å². The average molecular weight is 501 g/mol. The number of thiophene rings is 1. The average Bonchev–Trinajstić information content (AvgIpc) is 3.31. The zero-order valence-corrected chi connectivity index (χ0v) is 20.7. The lowest BCUT2D eigenvalue weighted by molar-refractivity contribution is -0.120. The van der Waals surface area contributed by atoms with Gasteiger partial charge in [0.15, 0.2) is 5.69 Å². The quantitative estimate of drug-likeness (QED) is 0.391. The number of nitrogens with one attached hydrogen (secondary N) is 2. The fourth-order valence-electron chi connectivity index (χ4n) is 3.45. The highest BCUT2D eigenvalue weighted by Crippen LogP contribution is 2.22. The molecule has 0 saturated heterocycles. The minimum Gasteiger partial charge on any atom is -0.501 e. The lowest BCUT2D eigenvalue weighted by atomic mass is 9.95. The largest absolute Gasteiger partial charge is 0.501 e. The van der Waals surface area contributed by atoms with Gasteiger partial charge in [0.2, 0.25) is 11.7 Å². The summed E-state index contributed by atoms with van der Waals surface area (Å²) in [6, 6.07) is 9.40. The summed E-state index contributed by atoms with van der Waals surface area (Å²) in [6.45, 7) is 6.20. The third-order valence-electron chi connectivity index (χ3n) is 5.19. The first-order valence-electron chi connectivity index (χ1n) is 11.2. The number of aromatic hydroxyl groups is 1. The third-order valence-corrected chi connectivity index (χ3v) is 6.07. The van der Waals surface area contributed by atoms with Crippen molar-refractivity contribution in [1.82, 2.24) is 20.2 Å². The molecule has 2 amide bonds. The molecule has 0 radical (unpaired) electrons. The van der Waals surface area contributed by atoms with Gasteiger partial charge in [0.1, 0.15) is 11.6 Å².